The summed E-state index contributed by atoms with van der Waals surface area (Å²) in [5, 5.41) is 3.25. The molecule has 196 valence electrons. The molecule has 0 atom stereocenters. The number of aromatic nitrogens is 2. The summed E-state index contributed by atoms with van der Waals surface area (Å²) >= 11 is 1.65. The predicted octanol–water partition coefficient (Wildman–Crippen LogP) is 10.5. The van der Waals surface area contributed by atoms with Gasteiger partial charge in [0.15, 0.2) is 0 Å². The van der Waals surface area contributed by atoms with Gasteiger partial charge in [-0.25, -0.2) is 4.98 Å². The Morgan fingerprint density at radius 1 is 0.795 bits per heavy atom. The largest absolute Gasteiger partial charge is 0.292 e. The number of imidazole rings is 1. The van der Waals surface area contributed by atoms with Crippen molar-refractivity contribution in [1.29, 1.82) is 0 Å². The van der Waals surface area contributed by atoms with Gasteiger partial charge >= 0.3 is 0 Å². The van der Waals surface area contributed by atoms with Crippen molar-refractivity contribution in [3.8, 4) is 28.2 Å². The van der Waals surface area contributed by atoms with Crippen LogP contribution >= 0.6 is 11.3 Å². The van der Waals surface area contributed by atoms with Gasteiger partial charge in [-0.15, -0.1) is 11.3 Å². The zero-order valence-electron chi connectivity index (χ0n) is 25.5. The van der Waals surface area contributed by atoms with Crippen LogP contribution in [0, 0.1) is 5.41 Å². The van der Waals surface area contributed by atoms with E-state index in [-0.39, 0.29) is 5.41 Å². The number of para-hydroxylation sites is 2. The lowest BCUT2D eigenvalue weighted by Crippen LogP contribution is -2.10. The molecular formula is C36H36N2S. The third-order valence-corrected chi connectivity index (χ3v) is 8.05. The van der Waals surface area contributed by atoms with Crippen molar-refractivity contribution < 1.29 is 2.74 Å². The molecule has 2 aromatic heterocycles. The first-order valence-electron chi connectivity index (χ1n) is 14.6. The van der Waals surface area contributed by atoms with Crippen LogP contribution in [0.2, 0.25) is 0 Å². The fraction of sp³-hybridized carbons (Fsp3) is 0.250. The Kier molecular flexibility index (Phi) is 5.65. The second-order valence-electron chi connectivity index (χ2n) is 12.4. The van der Waals surface area contributed by atoms with Crippen molar-refractivity contribution in [2.24, 2.45) is 5.41 Å². The molecule has 0 fully saturated rings. The van der Waals surface area contributed by atoms with Gasteiger partial charge in [0.1, 0.15) is 5.82 Å². The quantitative estimate of drug-likeness (QED) is 0.222. The summed E-state index contributed by atoms with van der Waals surface area (Å²) in [6, 6.07) is 31.9. The normalized spacial score (nSPS) is 13.6. The molecule has 0 amide bonds. The van der Waals surface area contributed by atoms with E-state index in [1.807, 2.05) is 39.0 Å². The summed E-state index contributed by atoms with van der Waals surface area (Å²) in [6.45, 7) is 12.6. The number of benzene rings is 4. The molecule has 0 saturated heterocycles. The van der Waals surface area contributed by atoms with Crippen molar-refractivity contribution in [3.05, 3.63) is 108 Å². The molecule has 0 aliphatic carbocycles. The highest BCUT2D eigenvalue weighted by Gasteiger charge is 2.19. The van der Waals surface area contributed by atoms with E-state index in [1.54, 1.807) is 11.3 Å². The van der Waals surface area contributed by atoms with Gasteiger partial charge in [-0.3, -0.25) is 4.57 Å². The van der Waals surface area contributed by atoms with Crippen LogP contribution in [0.1, 0.15) is 55.4 Å². The summed E-state index contributed by atoms with van der Waals surface area (Å²) in [5.74, 6) is 0.895. The number of nitrogens with zero attached hydrogens (tertiary/aromatic N) is 2. The maximum atomic E-state index is 8.76. The third-order valence-electron chi connectivity index (χ3n) is 7.11. The summed E-state index contributed by atoms with van der Waals surface area (Å²) in [7, 11) is 0. The molecule has 0 unspecified atom stereocenters. The van der Waals surface area contributed by atoms with E-state index in [9.17, 15) is 0 Å². The molecule has 2 nitrogen and oxygen atoms in total. The third kappa shape index (κ3) is 5.04. The molecule has 0 N–H and O–H groups in total. The molecule has 0 bridgehead atoms. The highest BCUT2D eigenvalue weighted by atomic mass is 32.1. The van der Waals surface area contributed by atoms with Gasteiger partial charge in [0.05, 0.1) is 11.0 Å². The van der Waals surface area contributed by atoms with Crippen LogP contribution in [-0.4, -0.2) is 9.55 Å². The summed E-state index contributed by atoms with van der Waals surface area (Å²) in [5.41, 5.74) is 8.19. The van der Waals surface area contributed by atoms with Gasteiger partial charge in [0, 0.05) is 29.5 Å². The van der Waals surface area contributed by atoms with E-state index in [0.717, 1.165) is 38.2 Å². The van der Waals surface area contributed by atoms with Gasteiger partial charge in [0.25, 0.3) is 0 Å². The second kappa shape index (κ2) is 9.50. The van der Waals surface area contributed by atoms with Crippen LogP contribution in [-0.2, 0) is 11.8 Å². The lowest BCUT2D eigenvalue weighted by Gasteiger charge is -2.19. The molecule has 2 heterocycles. The zero-order valence-corrected chi connectivity index (χ0v) is 24.4. The average molecular weight is 531 g/mol. The van der Waals surface area contributed by atoms with E-state index in [1.165, 1.54) is 16.7 Å². The van der Waals surface area contributed by atoms with E-state index in [2.05, 4.69) is 104 Å². The van der Waals surface area contributed by atoms with Crippen LogP contribution in [0.25, 0.3) is 49.3 Å². The maximum Gasteiger partial charge on any atom is 0.147 e. The molecule has 0 aliphatic rings. The SMILES string of the molecule is [2H]C([2H])(c1ccc2c(-c3nc4ccccc4n3-c3ccc(-c4ccc(C(C)(C)C)cc4)cc3)csc2c1)C(C)(C)C. The Balaban J connectivity index is 1.44. The van der Waals surface area contributed by atoms with E-state index in [4.69, 9.17) is 7.73 Å². The number of hydrogen-bond donors (Lipinski definition) is 0. The van der Waals surface area contributed by atoms with Crippen LogP contribution in [0.3, 0.4) is 0 Å². The molecular weight excluding hydrogens is 492 g/mol. The van der Waals surface area contributed by atoms with Crippen molar-refractivity contribution in [1.82, 2.24) is 9.55 Å². The first-order chi connectivity index (χ1) is 19.3. The van der Waals surface area contributed by atoms with Crippen molar-refractivity contribution in [3.63, 3.8) is 0 Å². The minimum atomic E-state index is -1.44. The summed E-state index contributed by atoms with van der Waals surface area (Å²) < 4.78 is 20.8. The number of fused-ring (bicyclic) bond motifs is 2. The fourth-order valence-corrected chi connectivity index (χ4v) is 6.12. The standard InChI is InChI=1S/C36H36N2S/c1-35(2,3)22-24-11-20-29-30(23-39-33(29)21-24)34-37-31-9-7-8-10-32(31)38(34)28-18-14-26(15-19-28)25-12-16-27(17-13-25)36(4,5)6/h7-21,23H,22H2,1-6H3/i22D2. The van der Waals surface area contributed by atoms with Gasteiger partial charge < -0.3 is 0 Å². The summed E-state index contributed by atoms with van der Waals surface area (Å²) in [6.07, 6.45) is -1.44. The average Bonchev–Trinajstić information content (AvgIpc) is 3.53. The number of thiophene rings is 1. The van der Waals surface area contributed by atoms with Gasteiger partial charge in [-0.2, -0.15) is 0 Å². The highest BCUT2D eigenvalue weighted by Crippen LogP contribution is 2.38. The zero-order chi connectivity index (χ0) is 29.2. The van der Waals surface area contributed by atoms with Gasteiger partial charge in [-0.05, 0) is 69.8 Å². The number of hydrogen-bond acceptors (Lipinski definition) is 2. The summed E-state index contributed by atoms with van der Waals surface area (Å²) in [4.78, 5) is 5.10. The molecule has 0 saturated carbocycles. The smallest absolute Gasteiger partial charge is 0.147 e. The van der Waals surface area contributed by atoms with Crippen LogP contribution in [0.5, 0.6) is 0 Å². The minimum absolute atomic E-state index is 0.132. The fourth-order valence-electron chi connectivity index (χ4n) is 5.15. The molecule has 0 aliphatic heterocycles. The monoisotopic (exact) mass is 530 g/mol. The van der Waals surface area contributed by atoms with E-state index in [0.29, 0.717) is 5.56 Å². The van der Waals surface area contributed by atoms with Crippen LogP contribution in [0.15, 0.2) is 96.4 Å². The minimum Gasteiger partial charge on any atom is -0.292 e. The Morgan fingerprint density at radius 2 is 1.46 bits per heavy atom. The lowest BCUT2D eigenvalue weighted by atomic mass is 9.86. The number of rotatable bonds is 4. The molecule has 6 aromatic rings. The predicted molar refractivity (Wildman–Crippen MR) is 169 cm³/mol. The van der Waals surface area contributed by atoms with Gasteiger partial charge in [0.2, 0.25) is 0 Å². The molecule has 4 aromatic carbocycles. The topological polar surface area (TPSA) is 17.8 Å². The van der Waals surface area contributed by atoms with Crippen molar-refractivity contribution in [2.75, 3.05) is 0 Å². The Bertz CT molecular complexity index is 1860. The van der Waals surface area contributed by atoms with Crippen molar-refractivity contribution in [2.45, 2.75) is 53.3 Å². The Labute approximate surface area is 238 Å². The molecule has 0 spiro atoms. The first kappa shape index (κ1) is 23.2. The van der Waals surface area contributed by atoms with Crippen LogP contribution in [0.4, 0.5) is 0 Å². The molecule has 39 heavy (non-hydrogen) atoms. The highest BCUT2D eigenvalue weighted by molar-refractivity contribution is 7.17. The molecule has 3 heteroatoms. The Hall–Kier alpha value is -3.69. The molecule has 0 radical (unpaired) electrons. The first-order valence-corrected chi connectivity index (χ1v) is 14.4. The van der Waals surface area contributed by atoms with E-state index < -0.39 is 11.8 Å². The molecule has 6 rings (SSSR count). The van der Waals surface area contributed by atoms with Crippen LogP contribution < -0.4 is 0 Å². The lowest BCUT2D eigenvalue weighted by molar-refractivity contribution is 0.411. The van der Waals surface area contributed by atoms with Crippen molar-refractivity contribution >= 4 is 32.5 Å². The Morgan fingerprint density at radius 3 is 2.13 bits per heavy atom. The van der Waals surface area contributed by atoms with E-state index >= 15 is 0 Å². The second-order valence-corrected chi connectivity index (χ2v) is 13.3. The maximum absolute atomic E-state index is 8.76. The van der Waals surface area contributed by atoms with Gasteiger partial charge in [-0.1, -0.05) is 102 Å².